The first-order chi connectivity index (χ1) is 7.66. The molecular weight excluding hydrogens is 203 g/mol. The Morgan fingerprint density at radius 2 is 2.31 bits per heavy atom. The molecule has 0 aliphatic carbocycles. The van der Waals surface area contributed by atoms with Crippen LogP contribution in [0.5, 0.6) is 0 Å². The second-order valence-corrected chi connectivity index (χ2v) is 4.63. The maximum absolute atomic E-state index is 13.1. The first kappa shape index (κ1) is 11.6. The van der Waals surface area contributed by atoms with E-state index in [2.05, 4.69) is 11.8 Å². The third-order valence-corrected chi connectivity index (χ3v) is 3.37. The Morgan fingerprint density at radius 1 is 1.50 bits per heavy atom. The highest BCUT2D eigenvalue weighted by Crippen LogP contribution is 2.23. The SMILES string of the molecule is CC(c1cccc(F)c1)N1CCCC(N)C1. The summed E-state index contributed by atoms with van der Waals surface area (Å²) in [6.07, 6.45) is 2.24. The molecule has 0 radical (unpaired) electrons. The zero-order valence-corrected chi connectivity index (χ0v) is 9.70. The molecule has 0 saturated carbocycles. The first-order valence-electron chi connectivity index (χ1n) is 5.92. The number of likely N-dealkylation sites (tertiary alicyclic amines) is 1. The van der Waals surface area contributed by atoms with E-state index in [9.17, 15) is 4.39 Å². The highest BCUT2D eigenvalue weighted by molar-refractivity contribution is 5.19. The molecule has 2 rings (SSSR count). The molecule has 1 fully saturated rings. The lowest BCUT2D eigenvalue weighted by molar-refractivity contribution is 0.159. The molecule has 1 heterocycles. The zero-order valence-electron chi connectivity index (χ0n) is 9.70. The molecule has 2 N–H and O–H groups in total. The number of piperidine rings is 1. The first-order valence-corrected chi connectivity index (χ1v) is 5.92. The lowest BCUT2D eigenvalue weighted by Crippen LogP contribution is -2.43. The molecule has 1 aromatic carbocycles. The van der Waals surface area contributed by atoms with Crippen LogP contribution in [0.15, 0.2) is 24.3 Å². The van der Waals surface area contributed by atoms with Crippen molar-refractivity contribution >= 4 is 0 Å². The van der Waals surface area contributed by atoms with E-state index in [-0.39, 0.29) is 17.9 Å². The monoisotopic (exact) mass is 222 g/mol. The fraction of sp³-hybridized carbons (Fsp3) is 0.538. The second-order valence-electron chi connectivity index (χ2n) is 4.63. The van der Waals surface area contributed by atoms with Gasteiger partial charge in [0.2, 0.25) is 0 Å². The zero-order chi connectivity index (χ0) is 11.5. The molecule has 1 saturated heterocycles. The van der Waals surface area contributed by atoms with Crippen molar-refractivity contribution in [1.29, 1.82) is 0 Å². The van der Waals surface area contributed by atoms with Gasteiger partial charge in [-0.15, -0.1) is 0 Å². The van der Waals surface area contributed by atoms with Gasteiger partial charge >= 0.3 is 0 Å². The van der Waals surface area contributed by atoms with Crippen LogP contribution in [-0.4, -0.2) is 24.0 Å². The summed E-state index contributed by atoms with van der Waals surface area (Å²) < 4.78 is 13.1. The van der Waals surface area contributed by atoms with Crippen LogP contribution in [-0.2, 0) is 0 Å². The van der Waals surface area contributed by atoms with E-state index in [4.69, 9.17) is 5.73 Å². The Kier molecular flexibility index (Phi) is 3.56. The van der Waals surface area contributed by atoms with Gasteiger partial charge in [-0.2, -0.15) is 0 Å². The van der Waals surface area contributed by atoms with E-state index in [1.165, 1.54) is 6.07 Å². The van der Waals surface area contributed by atoms with E-state index < -0.39 is 0 Å². The van der Waals surface area contributed by atoms with Gasteiger partial charge in [-0.25, -0.2) is 4.39 Å². The van der Waals surface area contributed by atoms with Gasteiger partial charge in [0.15, 0.2) is 0 Å². The second kappa shape index (κ2) is 4.93. The van der Waals surface area contributed by atoms with Crippen molar-refractivity contribution in [2.45, 2.75) is 31.8 Å². The summed E-state index contributed by atoms with van der Waals surface area (Å²) in [6, 6.07) is 7.37. The Balaban J connectivity index is 2.09. The van der Waals surface area contributed by atoms with E-state index in [1.54, 1.807) is 12.1 Å². The smallest absolute Gasteiger partial charge is 0.123 e. The molecule has 0 amide bonds. The summed E-state index contributed by atoms with van der Waals surface area (Å²) >= 11 is 0. The summed E-state index contributed by atoms with van der Waals surface area (Å²) in [5, 5.41) is 0. The minimum Gasteiger partial charge on any atom is -0.327 e. The number of benzene rings is 1. The standard InChI is InChI=1S/C13H19FN2/c1-10(11-4-2-5-12(14)8-11)16-7-3-6-13(15)9-16/h2,4-5,8,10,13H,3,6-7,9,15H2,1H3. The molecule has 2 nitrogen and oxygen atoms in total. The molecular formula is C13H19FN2. The fourth-order valence-electron chi connectivity index (χ4n) is 2.37. The third kappa shape index (κ3) is 2.60. The highest BCUT2D eigenvalue weighted by Gasteiger charge is 2.22. The predicted octanol–water partition coefficient (Wildman–Crippen LogP) is 2.31. The minimum atomic E-state index is -0.161. The number of hydrogen-bond donors (Lipinski definition) is 1. The summed E-state index contributed by atoms with van der Waals surface area (Å²) in [5.41, 5.74) is 6.99. The van der Waals surface area contributed by atoms with Crippen LogP contribution in [0.1, 0.15) is 31.4 Å². The summed E-state index contributed by atoms with van der Waals surface area (Å²) in [6.45, 7) is 4.09. The van der Waals surface area contributed by atoms with Gasteiger partial charge < -0.3 is 5.73 Å². The van der Waals surface area contributed by atoms with Crippen molar-refractivity contribution < 1.29 is 4.39 Å². The predicted molar refractivity (Wildman–Crippen MR) is 63.6 cm³/mol. The average molecular weight is 222 g/mol. The summed E-state index contributed by atoms with van der Waals surface area (Å²) in [4.78, 5) is 2.34. The van der Waals surface area contributed by atoms with E-state index >= 15 is 0 Å². The van der Waals surface area contributed by atoms with Crippen molar-refractivity contribution in [3.8, 4) is 0 Å². The minimum absolute atomic E-state index is 0.161. The van der Waals surface area contributed by atoms with Gasteiger partial charge in [-0.05, 0) is 44.0 Å². The Bertz CT molecular complexity index is 354. The lowest BCUT2D eigenvalue weighted by Gasteiger charge is -2.35. The van der Waals surface area contributed by atoms with Crippen molar-refractivity contribution in [1.82, 2.24) is 4.90 Å². The van der Waals surface area contributed by atoms with E-state index in [1.807, 2.05) is 6.07 Å². The van der Waals surface area contributed by atoms with Crippen LogP contribution < -0.4 is 5.73 Å². The molecule has 2 atom stereocenters. The molecule has 0 aromatic heterocycles. The van der Waals surface area contributed by atoms with Crippen LogP contribution >= 0.6 is 0 Å². The molecule has 1 aliphatic heterocycles. The maximum Gasteiger partial charge on any atom is 0.123 e. The molecule has 0 bridgehead atoms. The van der Waals surface area contributed by atoms with Gasteiger partial charge in [0.25, 0.3) is 0 Å². The highest BCUT2D eigenvalue weighted by atomic mass is 19.1. The van der Waals surface area contributed by atoms with E-state index in [0.29, 0.717) is 0 Å². The van der Waals surface area contributed by atoms with Gasteiger partial charge in [-0.1, -0.05) is 12.1 Å². The van der Waals surface area contributed by atoms with Crippen molar-refractivity contribution in [3.05, 3.63) is 35.6 Å². The quantitative estimate of drug-likeness (QED) is 0.832. The maximum atomic E-state index is 13.1. The average Bonchev–Trinajstić information content (AvgIpc) is 2.28. The van der Waals surface area contributed by atoms with Crippen LogP contribution in [0, 0.1) is 5.82 Å². The number of nitrogens with zero attached hydrogens (tertiary/aromatic N) is 1. The van der Waals surface area contributed by atoms with E-state index in [0.717, 1.165) is 31.5 Å². The Hall–Kier alpha value is -0.930. The molecule has 16 heavy (non-hydrogen) atoms. The number of nitrogens with two attached hydrogens (primary N) is 1. The largest absolute Gasteiger partial charge is 0.327 e. The van der Waals surface area contributed by atoms with Crippen molar-refractivity contribution in [2.24, 2.45) is 5.73 Å². The van der Waals surface area contributed by atoms with Gasteiger partial charge in [0.05, 0.1) is 0 Å². The van der Waals surface area contributed by atoms with Crippen LogP contribution in [0.3, 0.4) is 0 Å². The number of halogens is 1. The van der Waals surface area contributed by atoms with Gasteiger partial charge in [0, 0.05) is 18.6 Å². The molecule has 1 aliphatic rings. The van der Waals surface area contributed by atoms with Crippen LogP contribution in [0.2, 0.25) is 0 Å². The normalized spacial score (nSPS) is 24.3. The van der Waals surface area contributed by atoms with Gasteiger partial charge in [0.1, 0.15) is 5.82 Å². The molecule has 88 valence electrons. The molecule has 3 heteroatoms. The molecule has 2 unspecified atom stereocenters. The summed E-state index contributed by atoms with van der Waals surface area (Å²) in [5.74, 6) is -0.161. The lowest BCUT2D eigenvalue weighted by atomic mass is 10.0. The van der Waals surface area contributed by atoms with Crippen LogP contribution in [0.4, 0.5) is 4.39 Å². The van der Waals surface area contributed by atoms with Gasteiger partial charge in [-0.3, -0.25) is 4.90 Å². The number of hydrogen-bond acceptors (Lipinski definition) is 2. The number of rotatable bonds is 2. The Labute approximate surface area is 96.2 Å². The summed E-state index contributed by atoms with van der Waals surface area (Å²) in [7, 11) is 0. The van der Waals surface area contributed by atoms with Crippen molar-refractivity contribution in [3.63, 3.8) is 0 Å². The molecule has 1 aromatic rings. The van der Waals surface area contributed by atoms with Crippen LogP contribution in [0.25, 0.3) is 0 Å². The topological polar surface area (TPSA) is 29.3 Å². The third-order valence-electron chi connectivity index (χ3n) is 3.37. The molecule has 0 spiro atoms. The van der Waals surface area contributed by atoms with Crippen molar-refractivity contribution in [2.75, 3.05) is 13.1 Å². The Morgan fingerprint density at radius 3 is 3.00 bits per heavy atom. The fourth-order valence-corrected chi connectivity index (χ4v) is 2.37.